The highest BCUT2D eigenvalue weighted by atomic mass is 16.3. The van der Waals surface area contributed by atoms with Gasteiger partial charge in [-0.2, -0.15) is 0 Å². The van der Waals surface area contributed by atoms with Crippen LogP contribution in [0, 0.1) is 0 Å². The van der Waals surface area contributed by atoms with Crippen LogP contribution in [0.5, 0.6) is 0 Å². The Bertz CT molecular complexity index is 1200. The van der Waals surface area contributed by atoms with Crippen molar-refractivity contribution in [3.8, 4) is 0 Å². The molecule has 4 atom stereocenters. The molecule has 0 rings (SSSR count). The molecule has 0 saturated heterocycles. The van der Waals surface area contributed by atoms with Gasteiger partial charge >= 0.3 is 0 Å². The zero-order valence-corrected chi connectivity index (χ0v) is 51.3. The number of hydrogen-bond donors (Lipinski definition) is 5. The van der Waals surface area contributed by atoms with Crippen molar-refractivity contribution in [2.24, 2.45) is 0 Å². The number of amides is 1. The van der Waals surface area contributed by atoms with Gasteiger partial charge < -0.3 is 25.7 Å². The van der Waals surface area contributed by atoms with Crippen LogP contribution in [0.4, 0.5) is 0 Å². The normalized spacial score (nSPS) is 13.7. The predicted octanol–water partition coefficient (Wildman–Crippen LogP) is 21.1. The fourth-order valence-corrected chi connectivity index (χ4v) is 11.0. The zero-order chi connectivity index (χ0) is 55.1. The number of hydrogen-bond acceptors (Lipinski definition) is 5. The van der Waals surface area contributed by atoms with Gasteiger partial charge in [0.25, 0.3) is 0 Å². The molecule has 0 aliphatic heterocycles. The van der Waals surface area contributed by atoms with Crippen LogP contribution in [0.25, 0.3) is 0 Å². The average molecular weight is 1070 g/mol. The number of rotatable bonds is 64. The lowest BCUT2D eigenvalue weighted by atomic mass is 10.00. The molecule has 5 N–H and O–H groups in total. The lowest BCUT2D eigenvalue weighted by Crippen LogP contribution is -2.53. The maximum absolute atomic E-state index is 12.6. The lowest BCUT2D eigenvalue weighted by molar-refractivity contribution is -0.132. The van der Waals surface area contributed by atoms with Crippen LogP contribution in [0.15, 0.2) is 36.5 Å². The maximum Gasteiger partial charge on any atom is 0.249 e. The zero-order valence-electron chi connectivity index (χ0n) is 51.3. The Morgan fingerprint density at radius 1 is 0.329 bits per heavy atom. The fraction of sp³-hybridized carbons (Fsp3) is 0.900. The van der Waals surface area contributed by atoms with E-state index in [0.29, 0.717) is 12.8 Å². The van der Waals surface area contributed by atoms with Crippen molar-refractivity contribution in [2.45, 2.75) is 398 Å². The Morgan fingerprint density at radius 3 is 0.868 bits per heavy atom. The molecule has 0 aliphatic carbocycles. The van der Waals surface area contributed by atoms with Gasteiger partial charge in [0.15, 0.2) is 0 Å². The summed E-state index contributed by atoms with van der Waals surface area (Å²) in [5.74, 6) is -0.588. The Kier molecular flexibility index (Phi) is 63.1. The van der Waals surface area contributed by atoms with E-state index in [2.05, 4.69) is 55.6 Å². The van der Waals surface area contributed by atoms with Gasteiger partial charge in [0, 0.05) is 0 Å². The first-order valence-corrected chi connectivity index (χ1v) is 34.4. The summed E-state index contributed by atoms with van der Waals surface area (Å²) < 4.78 is 0. The van der Waals surface area contributed by atoms with E-state index in [1.54, 1.807) is 0 Å². The van der Waals surface area contributed by atoms with E-state index in [4.69, 9.17) is 0 Å². The fourth-order valence-electron chi connectivity index (χ4n) is 11.0. The van der Waals surface area contributed by atoms with E-state index < -0.39 is 36.9 Å². The molecule has 0 saturated carbocycles. The molecule has 76 heavy (non-hydrogen) atoms. The molecule has 4 unspecified atom stereocenters. The van der Waals surface area contributed by atoms with Crippen molar-refractivity contribution >= 4 is 5.91 Å². The van der Waals surface area contributed by atoms with Gasteiger partial charge in [0.05, 0.1) is 18.8 Å². The first-order valence-electron chi connectivity index (χ1n) is 34.4. The van der Waals surface area contributed by atoms with E-state index in [9.17, 15) is 25.2 Å². The quantitative estimate of drug-likeness (QED) is 0.0308. The Hall–Kier alpha value is -1.47. The summed E-state index contributed by atoms with van der Waals surface area (Å²) in [5, 5.41) is 44.1. The highest BCUT2D eigenvalue weighted by Crippen LogP contribution is 2.19. The summed E-state index contributed by atoms with van der Waals surface area (Å²) in [4.78, 5) is 12.6. The topological polar surface area (TPSA) is 110 Å². The van der Waals surface area contributed by atoms with Crippen LogP contribution < -0.4 is 5.32 Å². The Morgan fingerprint density at radius 2 is 0.579 bits per heavy atom. The van der Waals surface area contributed by atoms with Gasteiger partial charge in [-0.1, -0.05) is 339 Å². The minimum Gasteiger partial charge on any atom is -0.394 e. The summed E-state index contributed by atoms with van der Waals surface area (Å²) in [7, 11) is 0. The van der Waals surface area contributed by atoms with Crippen molar-refractivity contribution < 1.29 is 25.2 Å². The first-order chi connectivity index (χ1) is 37.5. The third-order valence-corrected chi connectivity index (χ3v) is 16.3. The minimum atomic E-state index is -1.28. The highest BCUT2D eigenvalue weighted by Gasteiger charge is 2.28. The van der Waals surface area contributed by atoms with Crippen LogP contribution in [0.3, 0.4) is 0 Å². The first kappa shape index (κ1) is 74.5. The van der Waals surface area contributed by atoms with Crippen LogP contribution in [-0.2, 0) is 4.79 Å². The Labute approximate surface area is 475 Å². The SMILES string of the molecule is CCCCCCCCCCCCCCCCC/C=C\C/C=C\CCCCCCCCCCCCCCCCCCC(O)C(=O)NC(CO)C(O)C(O)CCC/C=C/CCCCCCCCCCCCCCCCCCC. The second-order valence-electron chi connectivity index (χ2n) is 23.9. The Balaban J connectivity index is 3.56. The summed E-state index contributed by atoms with van der Waals surface area (Å²) in [6.45, 7) is 4.09. The molecular formula is C70H135NO5. The van der Waals surface area contributed by atoms with Crippen LogP contribution in [-0.4, -0.2) is 57.3 Å². The second-order valence-corrected chi connectivity index (χ2v) is 23.9. The molecule has 6 heteroatoms. The number of nitrogens with one attached hydrogen (secondary N) is 1. The molecule has 0 radical (unpaired) electrons. The number of aliphatic hydroxyl groups excluding tert-OH is 4. The van der Waals surface area contributed by atoms with Gasteiger partial charge in [-0.05, 0) is 70.6 Å². The molecule has 450 valence electrons. The molecule has 0 heterocycles. The van der Waals surface area contributed by atoms with E-state index in [1.165, 1.54) is 302 Å². The van der Waals surface area contributed by atoms with Crippen molar-refractivity contribution in [3.05, 3.63) is 36.5 Å². The molecular weight excluding hydrogens is 935 g/mol. The molecule has 0 aliphatic rings. The highest BCUT2D eigenvalue weighted by molar-refractivity contribution is 5.80. The van der Waals surface area contributed by atoms with Gasteiger partial charge in [-0.15, -0.1) is 0 Å². The molecule has 6 nitrogen and oxygen atoms in total. The number of carbonyl (C=O) groups is 1. The van der Waals surface area contributed by atoms with Crippen molar-refractivity contribution in [2.75, 3.05) is 6.61 Å². The van der Waals surface area contributed by atoms with Crippen molar-refractivity contribution in [1.29, 1.82) is 0 Å². The van der Waals surface area contributed by atoms with Crippen LogP contribution >= 0.6 is 0 Å². The monoisotopic (exact) mass is 1070 g/mol. The molecule has 0 fully saturated rings. The number of unbranched alkanes of at least 4 members (excludes halogenated alkanes) is 49. The number of aliphatic hydroxyl groups is 4. The van der Waals surface area contributed by atoms with E-state index in [0.717, 1.165) is 44.9 Å². The number of allylic oxidation sites excluding steroid dienone is 6. The third kappa shape index (κ3) is 57.2. The maximum atomic E-state index is 12.6. The predicted molar refractivity (Wildman–Crippen MR) is 334 cm³/mol. The summed E-state index contributed by atoms with van der Waals surface area (Å²) in [6.07, 6.45) is 82.7. The largest absolute Gasteiger partial charge is 0.394 e. The van der Waals surface area contributed by atoms with Crippen molar-refractivity contribution in [3.63, 3.8) is 0 Å². The van der Waals surface area contributed by atoms with Crippen molar-refractivity contribution in [1.82, 2.24) is 5.32 Å². The van der Waals surface area contributed by atoms with E-state index in [-0.39, 0.29) is 0 Å². The summed E-state index contributed by atoms with van der Waals surface area (Å²) in [5.41, 5.74) is 0. The number of carbonyl (C=O) groups excluding carboxylic acids is 1. The molecule has 0 bridgehead atoms. The van der Waals surface area contributed by atoms with Crippen LogP contribution in [0.2, 0.25) is 0 Å². The average Bonchev–Trinajstić information content (AvgIpc) is 3.42. The lowest BCUT2D eigenvalue weighted by Gasteiger charge is -2.27. The summed E-state index contributed by atoms with van der Waals surface area (Å²) >= 11 is 0. The minimum absolute atomic E-state index is 0.365. The second kappa shape index (κ2) is 64.4. The smallest absolute Gasteiger partial charge is 0.249 e. The molecule has 1 amide bonds. The molecule has 0 spiro atoms. The van der Waals surface area contributed by atoms with Gasteiger partial charge in [0.1, 0.15) is 12.2 Å². The van der Waals surface area contributed by atoms with E-state index >= 15 is 0 Å². The third-order valence-electron chi connectivity index (χ3n) is 16.3. The molecule has 0 aromatic heterocycles. The van der Waals surface area contributed by atoms with E-state index in [1.807, 2.05) is 0 Å². The van der Waals surface area contributed by atoms with Gasteiger partial charge in [-0.3, -0.25) is 4.79 Å². The van der Waals surface area contributed by atoms with Gasteiger partial charge in [-0.25, -0.2) is 0 Å². The summed E-state index contributed by atoms with van der Waals surface area (Å²) in [6, 6.07) is -1.00. The van der Waals surface area contributed by atoms with Gasteiger partial charge in [0.2, 0.25) is 5.91 Å². The molecule has 0 aromatic rings. The molecule has 0 aromatic carbocycles. The van der Waals surface area contributed by atoms with Crippen LogP contribution in [0.1, 0.15) is 373 Å². The standard InChI is InChI=1S/C70H135NO5/c1-3-5-7-9-11-13-15-17-19-21-23-25-27-28-29-30-31-32-33-34-35-36-37-38-39-40-41-42-44-46-48-50-52-54-56-58-60-62-64-68(74)70(76)71-66(65-72)69(75)67(73)63-61-59-57-55-53-51-49-47-45-43-26-24-22-20-18-16-14-12-10-8-6-4-2/h31-32,34-35,55,57,66-69,72-75H,3-30,33,36-54,56,58-65H2,1-2H3,(H,71,76)/b32-31-,35-34-,57-55+.